The summed E-state index contributed by atoms with van der Waals surface area (Å²) in [7, 11) is 0. The number of nitrogens with zero attached hydrogens (tertiary/aromatic N) is 2. The van der Waals surface area contributed by atoms with Crippen LogP contribution in [-0.4, -0.2) is 9.97 Å². The molecule has 0 atom stereocenters. The summed E-state index contributed by atoms with van der Waals surface area (Å²) in [6, 6.07) is 31.3. The van der Waals surface area contributed by atoms with Crippen LogP contribution in [0, 0.1) is 0 Å². The summed E-state index contributed by atoms with van der Waals surface area (Å²) in [6.07, 6.45) is 3.79. The highest BCUT2D eigenvalue weighted by Gasteiger charge is 2.18. The van der Waals surface area contributed by atoms with Crippen molar-refractivity contribution >= 4 is 33.2 Å². The first-order valence-corrected chi connectivity index (χ1v) is 16.4. The van der Waals surface area contributed by atoms with E-state index in [1.807, 2.05) is 12.4 Å². The third-order valence-electron chi connectivity index (χ3n) is 9.09. The fourth-order valence-electron chi connectivity index (χ4n) is 6.75. The summed E-state index contributed by atoms with van der Waals surface area (Å²) in [6.45, 7) is 18.2. The van der Waals surface area contributed by atoms with E-state index in [1.54, 1.807) is 0 Å². The molecule has 2 aromatic heterocycles. The van der Waals surface area contributed by atoms with Crippen LogP contribution in [0.4, 0.5) is 11.6 Å². The van der Waals surface area contributed by atoms with Gasteiger partial charge in [-0.25, -0.2) is 9.97 Å². The summed E-state index contributed by atoms with van der Waals surface area (Å²) in [5.74, 6) is 3.40. The van der Waals surface area contributed by atoms with Crippen LogP contribution in [0.25, 0.3) is 43.8 Å². The Bertz CT molecular complexity index is 1800. The lowest BCUT2D eigenvalue weighted by Crippen LogP contribution is -2.01. The average molecular weight is 592 g/mol. The van der Waals surface area contributed by atoms with Gasteiger partial charge in [0.1, 0.15) is 11.6 Å². The monoisotopic (exact) mass is 591 g/mol. The maximum absolute atomic E-state index is 4.78. The standard InChI is InChI=1S/C42H45N3/c1-25(2)33-11-9-12-34(26(3)4)39(33)31-15-17-37-29(23-31)19-21-43-41(37)45-42-38-18-16-32(24-30(38)20-22-44-42)40-35(27(5)6)13-10-14-36(40)28(7)8/h9-28H,1-8H3,(H,43,44,45). The lowest BCUT2D eigenvalue weighted by molar-refractivity contribution is 0.838. The molecular weight excluding hydrogens is 546 g/mol. The molecule has 0 unspecified atom stereocenters. The highest BCUT2D eigenvalue weighted by Crippen LogP contribution is 2.40. The first kappa shape index (κ1) is 30.5. The molecule has 0 aliphatic rings. The lowest BCUT2D eigenvalue weighted by atomic mass is 9.84. The van der Waals surface area contributed by atoms with E-state index in [0.717, 1.165) is 33.2 Å². The third kappa shape index (κ3) is 5.84. The van der Waals surface area contributed by atoms with E-state index < -0.39 is 0 Å². The summed E-state index contributed by atoms with van der Waals surface area (Å²) >= 11 is 0. The van der Waals surface area contributed by atoms with Crippen LogP contribution in [-0.2, 0) is 0 Å². The Balaban J connectivity index is 1.41. The number of fused-ring (bicyclic) bond motifs is 2. The van der Waals surface area contributed by atoms with E-state index in [-0.39, 0.29) is 0 Å². The van der Waals surface area contributed by atoms with Gasteiger partial charge in [-0.1, -0.05) is 116 Å². The fraction of sp³-hybridized carbons (Fsp3) is 0.286. The molecule has 0 aliphatic carbocycles. The lowest BCUT2D eigenvalue weighted by Gasteiger charge is -2.21. The van der Waals surface area contributed by atoms with Crippen molar-refractivity contribution in [2.75, 3.05) is 5.32 Å². The first-order valence-electron chi connectivity index (χ1n) is 16.4. The van der Waals surface area contributed by atoms with E-state index in [1.165, 1.54) is 44.5 Å². The molecule has 0 spiro atoms. The van der Waals surface area contributed by atoms with Crippen LogP contribution in [0.3, 0.4) is 0 Å². The molecule has 0 radical (unpaired) electrons. The second kappa shape index (κ2) is 12.5. The maximum Gasteiger partial charge on any atom is 0.139 e. The normalized spacial score (nSPS) is 11.9. The van der Waals surface area contributed by atoms with E-state index in [0.29, 0.717) is 23.7 Å². The van der Waals surface area contributed by atoms with Crippen LogP contribution in [0.15, 0.2) is 97.3 Å². The number of aromatic nitrogens is 2. The van der Waals surface area contributed by atoms with Gasteiger partial charge in [0.15, 0.2) is 0 Å². The number of hydrogen-bond donors (Lipinski definition) is 1. The van der Waals surface area contributed by atoms with Crippen molar-refractivity contribution in [2.45, 2.75) is 79.1 Å². The molecule has 228 valence electrons. The van der Waals surface area contributed by atoms with Crippen molar-refractivity contribution < 1.29 is 0 Å². The van der Waals surface area contributed by atoms with Gasteiger partial charge < -0.3 is 5.32 Å². The molecule has 4 aromatic carbocycles. The summed E-state index contributed by atoms with van der Waals surface area (Å²) in [5, 5.41) is 8.09. The summed E-state index contributed by atoms with van der Waals surface area (Å²) < 4.78 is 0. The number of hydrogen-bond acceptors (Lipinski definition) is 3. The Morgan fingerprint density at radius 3 is 1.13 bits per heavy atom. The molecule has 45 heavy (non-hydrogen) atoms. The van der Waals surface area contributed by atoms with Gasteiger partial charge >= 0.3 is 0 Å². The molecule has 3 nitrogen and oxygen atoms in total. The number of benzene rings is 4. The second-order valence-corrected chi connectivity index (χ2v) is 13.6. The molecule has 0 saturated heterocycles. The topological polar surface area (TPSA) is 37.8 Å². The average Bonchev–Trinajstić information content (AvgIpc) is 3.03. The van der Waals surface area contributed by atoms with Gasteiger partial charge in [-0.2, -0.15) is 0 Å². The number of anilines is 2. The minimum Gasteiger partial charge on any atom is -0.324 e. The van der Waals surface area contributed by atoms with Crippen molar-refractivity contribution in [1.29, 1.82) is 0 Å². The van der Waals surface area contributed by atoms with Gasteiger partial charge in [0.2, 0.25) is 0 Å². The van der Waals surface area contributed by atoms with E-state index >= 15 is 0 Å². The SMILES string of the molecule is CC(C)c1cccc(C(C)C)c1-c1ccc2c(Nc3nccc4cc(-c5c(C(C)C)cccc5C(C)C)ccc34)nccc2c1. The van der Waals surface area contributed by atoms with Gasteiger partial charge in [0.05, 0.1) is 0 Å². The van der Waals surface area contributed by atoms with Crippen molar-refractivity contribution in [2.24, 2.45) is 0 Å². The zero-order valence-corrected chi connectivity index (χ0v) is 27.9. The maximum atomic E-state index is 4.78. The van der Waals surface area contributed by atoms with Crippen LogP contribution in [0.1, 0.15) is 101 Å². The predicted molar refractivity (Wildman–Crippen MR) is 194 cm³/mol. The van der Waals surface area contributed by atoms with Gasteiger partial charge in [0.25, 0.3) is 0 Å². The Kier molecular flexibility index (Phi) is 8.46. The Hall–Kier alpha value is -4.50. The molecule has 0 aliphatic heterocycles. The molecule has 0 saturated carbocycles. The van der Waals surface area contributed by atoms with Gasteiger partial charge in [-0.15, -0.1) is 0 Å². The highest BCUT2D eigenvalue weighted by atomic mass is 15.1. The van der Waals surface area contributed by atoms with Crippen molar-refractivity contribution in [1.82, 2.24) is 9.97 Å². The molecule has 0 amide bonds. The van der Waals surface area contributed by atoms with Crippen LogP contribution < -0.4 is 5.32 Å². The zero-order chi connectivity index (χ0) is 31.8. The minimum atomic E-state index is 0.442. The summed E-state index contributed by atoms with van der Waals surface area (Å²) in [4.78, 5) is 9.56. The highest BCUT2D eigenvalue weighted by molar-refractivity contribution is 6.00. The quantitative estimate of drug-likeness (QED) is 0.191. The van der Waals surface area contributed by atoms with E-state index in [9.17, 15) is 0 Å². The van der Waals surface area contributed by atoms with E-state index in [2.05, 4.69) is 146 Å². The smallest absolute Gasteiger partial charge is 0.139 e. The Morgan fingerprint density at radius 1 is 0.444 bits per heavy atom. The van der Waals surface area contributed by atoms with Gasteiger partial charge in [-0.3, -0.25) is 0 Å². The van der Waals surface area contributed by atoms with Crippen LogP contribution in [0.2, 0.25) is 0 Å². The number of pyridine rings is 2. The van der Waals surface area contributed by atoms with E-state index in [4.69, 9.17) is 9.97 Å². The molecule has 1 N–H and O–H groups in total. The molecular formula is C42H45N3. The molecule has 0 bridgehead atoms. The second-order valence-electron chi connectivity index (χ2n) is 13.6. The number of nitrogens with one attached hydrogen (secondary N) is 1. The Morgan fingerprint density at radius 2 is 0.800 bits per heavy atom. The zero-order valence-electron chi connectivity index (χ0n) is 27.9. The minimum absolute atomic E-state index is 0.442. The molecule has 6 aromatic rings. The van der Waals surface area contributed by atoms with Crippen molar-refractivity contribution in [3.8, 4) is 22.3 Å². The molecule has 3 heteroatoms. The fourth-order valence-corrected chi connectivity index (χ4v) is 6.75. The molecule has 2 heterocycles. The van der Waals surface area contributed by atoms with Crippen molar-refractivity contribution in [3.05, 3.63) is 120 Å². The van der Waals surface area contributed by atoms with Crippen LogP contribution in [0.5, 0.6) is 0 Å². The van der Waals surface area contributed by atoms with Gasteiger partial charge in [-0.05, 0) is 103 Å². The predicted octanol–water partition coefficient (Wildman–Crippen LogP) is 12.4. The summed E-state index contributed by atoms with van der Waals surface area (Å²) in [5.41, 5.74) is 10.8. The van der Waals surface area contributed by atoms with Gasteiger partial charge in [0, 0.05) is 23.2 Å². The largest absolute Gasteiger partial charge is 0.324 e. The third-order valence-corrected chi connectivity index (χ3v) is 9.09. The van der Waals surface area contributed by atoms with Crippen molar-refractivity contribution in [3.63, 3.8) is 0 Å². The Labute approximate surface area is 268 Å². The molecule has 0 fully saturated rings. The number of rotatable bonds is 8. The van der Waals surface area contributed by atoms with Crippen LogP contribution >= 0.6 is 0 Å². The molecule has 6 rings (SSSR count). The first-order chi connectivity index (χ1) is 21.6.